The SMILES string of the molecule is CC(=O)NC(C(=O)NC1CCCCCC1CO)C1CCCC1. The summed E-state index contributed by atoms with van der Waals surface area (Å²) < 4.78 is 0. The molecule has 0 radical (unpaired) electrons. The molecule has 3 N–H and O–H groups in total. The number of nitrogens with one attached hydrogen (secondary N) is 2. The van der Waals surface area contributed by atoms with E-state index in [1.165, 1.54) is 13.3 Å². The van der Waals surface area contributed by atoms with Gasteiger partial charge in [-0.1, -0.05) is 32.1 Å². The Bertz CT molecular complexity index is 380. The Morgan fingerprint density at radius 2 is 1.68 bits per heavy atom. The molecule has 3 unspecified atom stereocenters. The number of hydrogen-bond acceptors (Lipinski definition) is 3. The summed E-state index contributed by atoms with van der Waals surface area (Å²) in [6.07, 6.45) is 9.56. The molecule has 5 nitrogen and oxygen atoms in total. The van der Waals surface area contributed by atoms with Crippen LogP contribution in [0.15, 0.2) is 0 Å². The van der Waals surface area contributed by atoms with Crippen molar-refractivity contribution in [2.24, 2.45) is 11.8 Å². The van der Waals surface area contributed by atoms with Crippen LogP contribution in [0.1, 0.15) is 64.7 Å². The highest BCUT2D eigenvalue weighted by Crippen LogP contribution is 2.29. The zero-order chi connectivity index (χ0) is 15.9. The summed E-state index contributed by atoms with van der Waals surface area (Å²) in [6, 6.07) is -0.375. The summed E-state index contributed by atoms with van der Waals surface area (Å²) in [7, 11) is 0. The Morgan fingerprint density at radius 3 is 2.32 bits per heavy atom. The molecule has 2 aliphatic carbocycles. The summed E-state index contributed by atoms with van der Waals surface area (Å²) in [5, 5.41) is 15.5. The van der Waals surface area contributed by atoms with Gasteiger partial charge in [-0.25, -0.2) is 0 Å². The highest BCUT2D eigenvalue weighted by Gasteiger charge is 2.33. The molecule has 0 aliphatic heterocycles. The lowest BCUT2D eigenvalue weighted by Gasteiger charge is -2.29. The lowest BCUT2D eigenvalue weighted by molar-refractivity contribution is -0.130. The summed E-state index contributed by atoms with van der Waals surface area (Å²) in [4.78, 5) is 24.2. The molecule has 2 aliphatic rings. The van der Waals surface area contributed by atoms with Crippen molar-refractivity contribution in [2.45, 2.75) is 76.8 Å². The molecule has 0 aromatic heterocycles. The predicted molar refractivity (Wildman–Crippen MR) is 85.2 cm³/mol. The van der Waals surface area contributed by atoms with E-state index in [-0.39, 0.29) is 36.3 Å². The minimum atomic E-state index is -0.414. The third-order valence-electron chi connectivity index (χ3n) is 5.23. The highest BCUT2D eigenvalue weighted by molar-refractivity contribution is 5.87. The molecule has 3 atom stereocenters. The van der Waals surface area contributed by atoms with Gasteiger partial charge in [0.05, 0.1) is 0 Å². The number of aliphatic hydroxyl groups excluding tert-OH is 1. The van der Waals surface area contributed by atoms with Gasteiger partial charge in [0.25, 0.3) is 0 Å². The normalized spacial score (nSPS) is 27.9. The molecule has 5 heteroatoms. The molecular weight excluding hydrogens is 280 g/mol. The fourth-order valence-electron chi connectivity index (χ4n) is 3.97. The van der Waals surface area contributed by atoms with E-state index >= 15 is 0 Å². The van der Waals surface area contributed by atoms with Crippen molar-refractivity contribution in [2.75, 3.05) is 6.61 Å². The van der Waals surface area contributed by atoms with Crippen molar-refractivity contribution in [3.05, 3.63) is 0 Å². The van der Waals surface area contributed by atoms with Crippen LogP contribution in [0.4, 0.5) is 0 Å². The molecule has 2 saturated carbocycles. The first-order valence-electron chi connectivity index (χ1n) is 8.80. The van der Waals surface area contributed by atoms with E-state index < -0.39 is 6.04 Å². The number of aliphatic hydroxyl groups is 1. The van der Waals surface area contributed by atoms with Gasteiger partial charge in [0.15, 0.2) is 0 Å². The second kappa shape index (κ2) is 8.51. The van der Waals surface area contributed by atoms with Gasteiger partial charge in [-0.15, -0.1) is 0 Å². The molecule has 2 rings (SSSR count). The van der Waals surface area contributed by atoms with Crippen LogP contribution in [-0.2, 0) is 9.59 Å². The van der Waals surface area contributed by atoms with Crippen LogP contribution in [0.5, 0.6) is 0 Å². The molecule has 0 bridgehead atoms. The average Bonchev–Trinajstić information content (AvgIpc) is 2.92. The van der Waals surface area contributed by atoms with Gasteiger partial charge < -0.3 is 15.7 Å². The Morgan fingerprint density at radius 1 is 1.05 bits per heavy atom. The van der Waals surface area contributed by atoms with E-state index in [1.54, 1.807) is 0 Å². The fraction of sp³-hybridized carbons (Fsp3) is 0.882. The maximum Gasteiger partial charge on any atom is 0.243 e. The highest BCUT2D eigenvalue weighted by atomic mass is 16.3. The topological polar surface area (TPSA) is 78.4 Å². The lowest BCUT2D eigenvalue weighted by atomic mass is 9.93. The van der Waals surface area contributed by atoms with Crippen LogP contribution in [-0.4, -0.2) is 35.6 Å². The van der Waals surface area contributed by atoms with Crippen molar-refractivity contribution in [1.29, 1.82) is 0 Å². The van der Waals surface area contributed by atoms with Crippen LogP contribution in [0.3, 0.4) is 0 Å². The van der Waals surface area contributed by atoms with Crippen molar-refractivity contribution >= 4 is 11.8 Å². The molecule has 2 fully saturated rings. The quantitative estimate of drug-likeness (QED) is 0.677. The second-order valence-corrected chi connectivity index (χ2v) is 6.92. The van der Waals surface area contributed by atoms with Crippen LogP contribution >= 0.6 is 0 Å². The van der Waals surface area contributed by atoms with Crippen LogP contribution in [0.25, 0.3) is 0 Å². The molecule has 0 heterocycles. The second-order valence-electron chi connectivity index (χ2n) is 6.92. The van der Waals surface area contributed by atoms with Gasteiger partial charge in [-0.2, -0.15) is 0 Å². The smallest absolute Gasteiger partial charge is 0.243 e. The molecule has 0 aromatic rings. The Hall–Kier alpha value is -1.10. The monoisotopic (exact) mass is 310 g/mol. The average molecular weight is 310 g/mol. The standard InChI is InChI=1S/C17H30N2O3/c1-12(21)18-16(13-7-5-6-8-13)17(22)19-15-10-4-2-3-9-14(15)11-20/h13-16,20H,2-11H2,1H3,(H,18,21)(H,19,22). The third-order valence-corrected chi connectivity index (χ3v) is 5.23. The van der Waals surface area contributed by atoms with Crippen molar-refractivity contribution < 1.29 is 14.7 Å². The van der Waals surface area contributed by atoms with E-state index in [0.29, 0.717) is 0 Å². The minimum absolute atomic E-state index is 0.0395. The van der Waals surface area contributed by atoms with Crippen molar-refractivity contribution in [3.8, 4) is 0 Å². The number of hydrogen-bond donors (Lipinski definition) is 3. The molecular formula is C17H30N2O3. The summed E-state index contributed by atoms with van der Waals surface area (Å²) in [6.45, 7) is 1.59. The lowest BCUT2D eigenvalue weighted by Crippen LogP contribution is -2.53. The Balaban J connectivity index is 2.00. The molecule has 126 valence electrons. The first kappa shape index (κ1) is 17.3. The largest absolute Gasteiger partial charge is 0.396 e. The van der Waals surface area contributed by atoms with Crippen molar-refractivity contribution in [1.82, 2.24) is 10.6 Å². The van der Waals surface area contributed by atoms with E-state index in [0.717, 1.165) is 51.4 Å². The molecule has 0 saturated heterocycles. The summed E-state index contributed by atoms with van der Waals surface area (Å²) >= 11 is 0. The van der Waals surface area contributed by atoms with Crippen molar-refractivity contribution in [3.63, 3.8) is 0 Å². The summed E-state index contributed by atoms with van der Waals surface area (Å²) in [5.74, 6) is 0.189. The van der Waals surface area contributed by atoms with E-state index in [1.807, 2.05) is 0 Å². The van der Waals surface area contributed by atoms with E-state index in [2.05, 4.69) is 10.6 Å². The minimum Gasteiger partial charge on any atom is -0.396 e. The zero-order valence-electron chi connectivity index (χ0n) is 13.6. The van der Waals surface area contributed by atoms with Gasteiger partial charge in [0.1, 0.15) is 6.04 Å². The number of amides is 2. The van der Waals surface area contributed by atoms with Gasteiger partial charge in [0, 0.05) is 25.5 Å². The Kier molecular flexibility index (Phi) is 6.68. The molecule has 2 amide bonds. The summed E-state index contributed by atoms with van der Waals surface area (Å²) in [5.41, 5.74) is 0. The number of carbonyl (C=O) groups excluding carboxylic acids is 2. The third kappa shape index (κ3) is 4.70. The van der Waals surface area contributed by atoms with Gasteiger partial charge in [0.2, 0.25) is 11.8 Å². The van der Waals surface area contributed by atoms with E-state index in [4.69, 9.17) is 0 Å². The first-order chi connectivity index (χ1) is 10.6. The molecule has 22 heavy (non-hydrogen) atoms. The fourth-order valence-corrected chi connectivity index (χ4v) is 3.97. The Labute approximate surface area is 133 Å². The van der Waals surface area contributed by atoms with Crippen LogP contribution < -0.4 is 10.6 Å². The van der Waals surface area contributed by atoms with Gasteiger partial charge >= 0.3 is 0 Å². The maximum absolute atomic E-state index is 12.7. The number of carbonyl (C=O) groups is 2. The molecule has 0 spiro atoms. The zero-order valence-corrected chi connectivity index (χ0v) is 13.6. The van der Waals surface area contributed by atoms with E-state index in [9.17, 15) is 14.7 Å². The van der Waals surface area contributed by atoms with Crippen LogP contribution in [0.2, 0.25) is 0 Å². The maximum atomic E-state index is 12.7. The first-order valence-corrected chi connectivity index (χ1v) is 8.80. The predicted octanol–water partition coefficient (Wildman–Crippen LogP) is 1.74. The molecule has 0 aromatic carbocycles. The van der Waals surface area contributed by atoms with Gasteiger partial charge in [-0.05, 0) is 31.6 Å². The number of rotatable bonds is 5. The van der Waals surface area contributed by atoms with Crippen LogP contribution in [0, 0.1) is 11.8 Å². The van der Waals surface area contributed by atoms with Gasteiger partial charge in [-0.3, -0.25) is 9.59 Å².